The smallest absolute Gasteiger partial charge is 0.339 e. The van der Waals surface area contributed by atoms with Crippen molar-refractivity contribution in [3.63, 3.8) is 0 Å². The molecule has 0 spiro atoms. The van der Waals surface area contributed by atoms with Gasteiger partial charge in [-0.2, -0.15) is 10.5 Å². The molecular weight excluding hydrogens is 508 g/mol. The highest BCUT2D eigenvalue weighted by Gasteiger charge is 2.06. The van der Waals surface area contributed by atoms with Crippen molar-refractivity contribution in [1.82, 2.24) is 0 Å². The first kappa shape index (κ1) is 31.4. The summed E-state index contributed by atoms with van der Waals surface area (Å²) < 4.78 is 9.15. The standard InChI is InChI=1S/C10H9NO3.C10H7NO3.C8H6O3/c2*11-5-6-14-10(13)9-3-1-8(7-12)2-4-9;9-5-6-1-3-7(4-2-6)8(10)11/h1-4,12H,6-7H2;1-4,7H,6H2;1-5H,(H,10,11). The fourth-order valence-corrected chi connectivity index (χ4v) is 2.51. The maximum absolute atomic E-state index is 11.2. The Labute approximate surface area is 223 Å². The summed E-state index contributed by atoms with van der Waals surface area (Å²) >= 11 is 0. The fraction of sp³-hybridized carbons (Fsp3) is 0.107. The molecular formula is C28H22N2O9. The van der Waals surface area contributed by atoms with Crippen LogP contribution in [0.5, 0.6) is 0 Å². The van der Waals surface area contributed by atoms with E-state index in [1.54, 1.807) is 36.4 Å². The number of aromatic carboxylic acids is 1. The monoisotopic (exact) mass is 530 g/mol. The van der Waals surface area contributed by atoms with E-state index in [1.165, 1.54) is 48.5 Å². The predicted octanol–water partition coefficient (Wildman–Crippen LogP) is 3.24. The molecule has 0 radical (unpaired) electrons. The van der Waals surface area contributed by atoms with E-state index in [0.29, 0.717) is 34.8 Å². The van der Waals surface area contributed by atoms with Crippen LogP contribution in [0.1, 0.15) is 57.4 Å². The molecule has 0 fully saturated rings. The Morgan fingerprint density at radius 2 is 1.03 bits per heavy atom. The van der Waals surface area contributed by atoms with Gasteiger partial charge in [0.25, 0.3) is 0 Å². The molecule has 0 aliphatic rings. The predicted molar refractivity (Wildman–Crippen MR) is 135 cm³/mol. The summed E-state index contributed by atoms with van der Waals surface area (Å²) in [5.41, 5.74) is 2.58. The minimum Gasteiger partial charge on any atom is -0.478 e. The van der Waals surface area contributed by atoms with E-state index >= 15 is 0 Å². The molecule has 11 nitrogen and oxygen atoms in total. The van der Waals surface area contributed by atoms with Crippen LogP contribution in [0.25, 0.3) is 0 Å². The lowest BCUT2D eigenvalue weighted by Gasteiger charge is -2.00. The van der Waals surface area contributed by atoms with Gasteiger partial charge in [-0.05, 0) is 42.0 Å². The van der Waals surface area contributed by atoms with Gasteiger partial charge in [0.15, 0.2) is 13.2 Å². The van der Waals surface area contributed by atoms with E-state index in [-0.39, 0.29) is 25.4 Å². The second kappa shape index (κ2) is 17.7. The van der Waals surface area contributed by atoms with Crippen molar-refractivity contribution >= 4 is 30.5 Å². The molecule has 3 rings (SSSR count). The molecule has 11 heteroatoms. The highest BCUT2D eigenvalue weighted by Crippen LogP contribution is 2.06. The Morgan fingerprint density at radius 3 is 1.33 bits per heavy atom. The van der Waals surface area contributed by atoms with Gasteiger partial charge in [0, 0.05) is 11.1 Å². The highest BCUT2D eigenvalue weighted by atomic mass is 16.5. The lowest BCUT2D eigenvalue weighted by Crippen LogP contribution is -2.05. The van der Waals surface area contributed by atoms with Crippen LogP contribution >= 0.6 is 0 Å². The molecule has 0 saturated carbocycles. The third kappa shape index (κ3) is 11.8. The molecule has 3 aromatic carbocycles. The van der Waals surface area contributed by atoms with Gasteiger partial charge in [-0.25, -0.2) is 14.4 Å². The van der Waals surface area contributed by atoms with Crippen LogP contribution < -0.4 is 0 Å². The zero-order chi connectivity index (χ0) is 29.0. The number of benzene rings is 3. The first-order valence-corrected chi connectivity index (χ1v) is 10.9. The second-order valence-corrected chi connectivity index (χ2v) is 7.11. The van der Waals surface area contributed by atoms with Crippen LogP contribution in [0, 0.1) is 22.7 Å². The van der Waals surface area contributed by atoms with Crippen molar-refractivity contribution in [1.29, 1.82) is 10.5 Å². The van der Waals surface area contributed by atoms with E-state index in [4.69, 9.17) is 20.7 Å². The summed E-state index contributed by atoms with van der Waals surface area (Å²) in [7, 11) is 0. The lowest BCUT2D eigenvalue weighted by atomic mass is 10.1. The molecule has 198 valence electrons. The number of rotatable bonds is 8. The summed E-state index contributed by atoms with van der Waals surface area (Å²) in [6.07, 6.45) is 1.36. The molecule has 0 heterocycles. The number of carboxylic acids is 1. The molecule has 0 bridgehead atoms. The maximum atomic E-state index is 11.2. The Bertz CT molecular complexity index is 1340. The normalized spacial score (nSPS) is 9.00. The van der Waals surface area contributed by atoms with Gasteiger partial charge in [0.2, 0.25) is 0 Å². The number of nitrogens with zero attached hydrogens (tertiary/aromatic N) is 2. The number of ether oxygens (including phenoxy) is 2. The van der Waals surface area contributed by atoms with E-state index in [2.05, 4.69) is 9.47 Å². The van der Waals surface area contributed by atoms with Crippen LogP contribution in [0.2, 0.25) is 0 Å². The minimum absolute atomic E-state index is 0.0620. The largest absolute Gasteiger partial charge is 0.478 e. The molecule has 0 aromatic heterocycles. The average molecular weight is 530 g/mol. The summed E-state index contributed by atoms with van der Waals surface area (Å²) in [6, 6.07) is 21.4. The Morgan fingerprint density at radius 1 is 0.667 bits per heavy atom. The van der Waals surface area contributed by atoms with E-state index in [0.717, 1.165) is 5.56 Å². The quantitative estimate of drug-likeness (QED) is 0.321. The van der Waals surface area contributed by atoms with Crippen molar-refractivity contribution in [3.8, 4) is 12.1 Å². The summed E-state index contributed by atoms with van der Waals surface area (Å²) in [6.45, 7) is -0.581. The first-order valence-electron chi connectivity index (χ1n) is 10.9. The van der Waals surface area contributed by atoms with Crippen LogP contribution in [0.3, 0.4) is 0 Å². The Kier molecular flexibility index (Phi) is 14.3. The molecule has 0 atom stereocenters. The zero-order valence-electron chi connectivity index (χ0n) is 20.4. The molecule has 39 heavy (non-hydrogen) atoms. The van der Waals surface area contributed by atoms with Gasteiger partial charge in [-0.15, -0.1) is 0 Å². The van der Waals surface area contributed by atoms with E-state index in [9.17, 15) is 24.0 Å². The number of aliphatic hydroxyl groups excluding tert-OH is 1. The minimum atomic E-state index is -0.984. The molecule has 2 N–H and O–H groups in total. The van der Waals surface area contributed by atoms with Crippen molar-refractivity contribution in [2.75, 3.05) is 13.2 Å². The molecule has 0 aliphatic carbocycles. The number of aldehydes is 2. The van der Waals surface area contributed by atoms with Crippen molar-refractivity contribution in [3.05, 3.63) is 106 Å². The van der Waals surface area contributed by atoms with Gasteiger partial charge >= 0.3 is 17.9 Å². The van der Waals surface area contributed by atoms with Gasteiger partial charge < -0.3 is 19.7 Å². The number of carbonyl (C=O) groups excluding carboxylic acids is 4. The first-order chi connectivity index (χ1) is 18.8. The Hall–Kier alpha value is -5.65. The van der Waals surface area contributed by atoms with E-state index < -0.39 is 17.9 Å². The number of aliphatic hydroxyl groups is 1. The van der Waals surface area contributed by atoms with Crippen LogP contribution in [0.15, 0.2) is 72.8 Å². The number of hydrogen-bond donors (Lipinski definition) is 2. The Balaban J connectivity index is 0.000000295. The number of carboxylic acid groups (broad SMARTS) is 1. The lowest BCUT2D eigenvalue weighted by molar-refractivity contribution is 0.0546. The highest BCUT2D eigenvalue weighted by molar-refractivity contribution is 5.91. The fourth-order valence-electron chi connectivity index (χ4n) is 2.51. The van der Waals surface area contributed by atoms with Crippen molar-refractivity contribution in [2.24, 2.45) is 0 Å². The topological polar surface area (TPSA) is 192 Å². The van der Waals surface area contributed by atoms with Crippen LogP contribution in [0.4, 0.5) is 0 Å². The number of carbonyl (C=O) groups is 5. The van der Waals surface area contributed by atoms with Crippen LogP contribution in [-0.4, -0.2) is 53.9 Å². The summed E-state index contributed by atoms with van der Waals surface area (Å²) in [5, 5.41) is 33.6. The molecule has 0 amide bonds. The SMILES string of the molecule is N#CCOC(=O)c1ccc(C=O)cc1.N#CCOC(=O)c1ccc(CO)cc1.O=Cc1ccc(C(=O)O)cc1. The third-order valence-corrected chi connectivity index (χ3v) is 4.48. The van der Waals surface area contributed by atoms with Crippen LogP contribution in [-0.2, 0) is 16.1 Å². The maximum Gasteiger partial charge on any atom is 0.339 e. The van der Waals surface area contributed by atoms with E-state index in [1.807, 2.05) is 0 Å². The van der Waals surface area contributed by atoms with Crippen molar-refractivity contribution < 1.29 is 43.7 Å². The summed E-state index contributed by atoms with van der Waals surface area (Å²) in [5.74, 6) is -2.08. The number of nitriles is 2. The molecule has 0 saturated heterocycles. The second-order valence-electron chi connectivity index (χ2n) is 7.11. The molecule has 3 aromatic rings. The zero-order valence-corrected chi connectivity index (χ0v) is 20.4. The molecule has 0 aliphatic heterocycles. The van der Waals surface area contributed by atoms with Gasteiger partial charge in [-0.1, -0.05) is 36.4 Å². The number of hydrogen-bond acceptors (Lipinski definition) is 10. The summed E-state index contributed by atoms with van der Waals surface area (Å²) in [4.78, 5) is 53.1. The average Bonchev–Trinajstić information content (AvgIpc) is 2.99. The number of esters is 2. The van der Waals surface area contributed by atoms with Gasteiger partial charge in [0.1, 0.15) is 24.7 Å². The van der Waals surface area contributed by atoms with Gasteiger partial charge in [-0.3, -0.25) is 9.59 Å². The third-order valence-electron chi connectivity index (χ3n) is 4.48. The molecule has 0 unspecified atom stereocenters. The van der Waals surface area contributed by atoms with Crippen molar-refractivity contribution in [2.45, 2.75) is 6.61 Å². The van der Waals surface area contributed by atoms with Gasteiger partial charge in [0.05, 0.1) is 23.3 Å².